The Morgan fingerprint density at radius 2 is 1.88 bits per heavy atom. The smallest absolute Gasteiger partial charge is 0.313 e. The Hall–Kier alpha value is -2.52. The zero-order valence-corrected chi connectivity index (χ0v) is 14.8. The molecular formula is C17H24N4O5. The number of nitro groups is 1. The molecule has 0 atom stereocenters. The maximum Gasteiger partial charge on any atom is 0.313 e. The van der Waals surface area contributed by atoms with Crippen LogP contribution in [-0.2, 0) is 14.3 Å². The highest BCUT2D eigenvalue weighted by molar-refractivity contribution is 6.39. The van der Waals surface area contributed by atoms with Gasteiger partial charge in [-0.3, -0.25) is 19.7 Å². The Labute approximate surface area is 151 Å². The van der Waals surface area contributed by atoms with Crippen molar-refractivity contribution in [3.63, 3.8) is 0 Å². The summed E-state index contributed by atoms with van der Waals surface area (Å²) in [5.41, 5.74) is 0.256. The highest BCUT2D eigenvalue weighted by Crippen LogP contribution is 2.17. The number of anilines is 1. The minimum Gasteiger partial charge on any atom is -0.383 e. The van der Waals surface area contributed by atoms with Gasteiger partial charge in [-0.2, -0.15) is 0 Å². The van der Waals surface area contributed by atoms with Gasteiger partial charge in [0.2, 0.25) is 0 Å². The molecule has 1 saturated heterocycles. The standard InChI is InChI=1S/C17H24N4O5/c1-26-11-10-20-8-6-13(7-9-20)12-18-16(22)17(23)19-14-2-4-15(5-3-14)21(24)25/h2-5,13H,6-12H2,1H3,(H,18,22)(H,19,23). The molecule has 0 unspecified atom stereocenters. The van der Waals surface area contributed by atoms with E-state index < -0.39 is 16.7 Å². The van der Waals surface area contributed by atoms with Crippen LogP contribution in [-0.4, -0.2) is 61.5 Å². The number of carbonyl (C=O) groups is 2. The second kappa shape index (κ2) is 9.83. The van der Waals surface area contributed by atoms with E-state index in [1.54, 1.807) is 7.11 Å². The quantitative estimate of drug-likeness (QED) is 0.424. The first-order valence-electron chi connectivity index (χ1n) is 8.54. The number of nitro benzene ring substituents is 1. The van der Waals surface area contributed by atoms with Gasteiger partial charge < -0.3 is 20.3 Å². The monoisotopic (exact) mass is 364 g/mol. The molecule has 0 radical (unpaired) electrons. The van der Waals surface area contributed by atoms with E-state index in [4.69, 9.17) is 4.74 Å². The zero-order chi connectivity index (χ0) is 18.9. The number of non-ortho nitro benzene ring substituents is 1. The topological polar surface area (TPSA) is 114 Å². The molecule has 9 heteroatoms. The number of hydrogen-bond acceptors (Lipinski definition) is 6. The van der Waals surface area contributed by atoms with Crippen molar-refractivity contribution in [2.45, 2.75) is 12.8 Å². The first-order valence-corrected chi connectivity index (χ1v) is 8.54. The minimum absolute atomic E-state index is 0.0794. The molecule has 0 saturated carbocycles. The Bertz CT molecular complexity index is 627. The van der Waals surface area contributed by atoms with Crippen LogP contribution < -0.4 is 10.6 Å². The fraction of sp³-hybridized carbons (Fsp3) is 0.529. The number of ether oxygens (including phenoxy) is 1. The Kier molecular flexibility index (Phi) is 7.49. The number of nitrogens with one attached hydrogen (secondary N) is 2. The maximum atomic E-state index is 11.9. The van der Waals surface area contributed by atoms with Crippen molar-refractivity contribution in [1.82, 2.24) is 10.2 Å². The zero-order valence-electron chi connectivity index (χ0n) is 14.8. The van der Waals surface area contributed by atoms with Gasteiger partial charge in [0.05, 0.1) is 11.5 Å². The molecule has 1 aliphatic heterocycles. The van der Waals surface area contributed by atoms with E-state index in [1.165, 1.54) is 24.3 Å². The van der Waals surface area contributed by atoms with Crippen molar-refractivity contribution in [3.8, 4) is 0 Å². The van der Waals surface area contributed by atoms with E-state index in [-0.39, 0.29) is 5.69 Å². The molecule has 1 aromatic rings. The average Bonchev–Trinajstić information content (AvgIpc) is 2.65. The van der Waals surface area contributed by atoms with Gasteiger partial charge in [0.1, 0.15) is 0 Å². The summed E-state index contributed by atoms with van der Waals surface area (Å²) in [6, 6.07) is 5.31. The van der Waals surface area contributed by atoms with Gasteiger partial charge in [-0.25, -0.2) is 0 Å². The van der Waals surface area contributed by atoms with Crippen LogP contribution >= 0.6 is 0 Å². The lowest BCUT2D eigenvalue weighted by Gasteiger charge is -2.31. The molecule has 2 rings (SSSR count). The largest absolute Gasteiger partial charge is 0.383 e. The van der Waals surface area contributed by atoms with Gasteiger partial charge in [-0.15, -0.1) is 0 Å². The minimum atomic E-state index is -0.781. The molecule has 142 valence electrons. The Balaban J connectivity index is 1.71. The van der Waals surface area contributed by atoms with Crippen LogP contribution in [0.2, 0.25) is 0 Å². The van der Waals surface area contributed by atoms with Crippen molar-refractivity contribution in [3.05, 3.63) is 34.4 Å². The molecule has 1 aliphatic rings. The summed E-state index contributed by atoms with van der Waals surface area (Å²) in [6.07, 6.45) is 1.93. The third-order valence-corrected chi connectivity index (χ3v) is 4.41. The van der Waals surface area contributed by atoms with Gasteiger partial charge in [-0.05, 0) is 44.0 Å². The van der Waals surface area contributed by atoms with Crippen LogP contribution in [0.5, 0.6) is 0 Å². The molecule has 1 fully saturated rings. The third kappa shape index (κ3) is 6.08. The molecule has 0 aliphatic carbocycles. The lowest BCUT2D eigenvalue weighted by molar-refractivity contribution is -0.384. The molecule has 9 nitrogen and oxygen atoms in total. The fourth-order valence-corrected chi connectivity index (χ4v) is 2.81. The molecular weight excluding hydrogens is 340 g/mol. The van der Waals surface area contributed by atoms with Crippen LogP contribution in [0.3, 0.4) is 0 Å². The summed E-state index contributed by atoms with van der Waals surface area (Å²) in [5.74, 6) is -1.13. The number of hydrogen-bond donors (Lipinski definition) is 2. The Morgan fingerprint density at radius 3 is 2.46 bits per heavy atom. The number of rotatable bonds is 7. The summed E-state index contributed by atoms with van der Waals surface area (Å²) in [5, 5.41) is 15.7. The predicted molar refractivity (Wildman–Crippen MR) is 95.8 cm³/mol. The number of carbonyl (C=O) groups excluding carboxylic acids is 2. The normalized spacial score (nSPS) is 15.4. The first kappa shape index (κ1) is 19.8. The van der Waals surface area contributed by atoms with Crippen molar-refractivity contribution >= 4 is 23.2 Å². The van der Waals surface area contributed by atoms with E-state index in [0.717, 1.165) is 32.5 Å². The summed E-state index contributed by atoms with van der Waals surface area (Å²) in [6.45, 7) is 4.00. The third-order valence-electron chi connectivity index (χ3n) is 4.41. The average molecular weight is 364 g/mol. The SMILES string of the molecule is COCCN1CCC(CNC(=O)C(=O)Nc2ccc([N+](=O)[O-])cc2)CC1. The van der Waals surface area contributed by atoms with Crippen LogP contribution in [0.4, 0.5) is 11.4 Å². The van der Waals surface area contributed by atoms with Crippen LogP contribution in [0, 0.1) is 16.0 Å². The summed E-state index contributed by atoms with van der Waals surface area (Å²) in [4.78, 5) is 36.2. The summed E-state index contributed by atoms with van der Waals surface area (Å²) in [7, 11) is 1.68. The van der Waals surface area contributed by atoms with Crippen molar-refractivity contribution in [2.24, 2.45) is 5.92 Å². The number of benzene rings is 1. The number of piperidine rings is 1. The molecule has 0 bridgehead atoms. The van der Waals surface area contributed by atoms with E-state index in [1.807, 2.05) is 0 Å². The second-order valence-corrected chi connectivity index (χ2v) is 6.25. The second-order valence-electron chi connectivity index (χ2n) is 6.25. The van der Waals surface area contributed by atoms with Gasteiger partial charge in [-0.1, -0.05) is 0 Å². The number of amides is 2. The van der Waals surface area contributed by atoms with Crippen LogP contribution in [0.25, 0.3) is 0 Å². The summed E-state index contributed by atoms with van der Waals surface area (Å²) < 4.78 is 5.07. The first-order chi connectivity index (χ1) is 12.5. The maximum absolute atomic E-state index is 11.9. The van der Waals surface area contributed by atoms with Crippen molar-refractivity contribution < 1.29 is 19.2 Å². The molecule has 2 amide bonds. The van der Waals surface area contributed by atoms with Gasteiger partial charge in [0, 0.05) is 38.0 Å². The predicted octanol–water partition coefficient (Wildman–Crippen LogP) is 1.01. The molecule has 1 heterocycles. The number of methoxy groups -OCH3 is 1. The molecule has 0 spiro atoms. The van der Waals surface area contributed by atoms with Gasteiger partial charge in [0.15, 0.2) is 0 Å². The lowest BCUT2D eigenvalue weighted by Crippen LogP contribution is -2.42. The van der Waals surface area contributed by atoms with E-state index in [9.17, 15) is 19.7 Å². The van der Waals surface area contributed by atoms with E-state index >= 15 is 0 Å². The molecule has 1 aromatic carbocycles. The highest BCUT2D eigenvalue weighted by Gasteiger charge is 2.21. The van der Waals surface area contributed by atoms with E-state index in [0.29, 0.717) is 24.8 Å². The highest BCUT2D eigenvalue weighted by atomic mass is 16.6. The van der Waals surface area contributed by atoms with Crippen LogP contribution in [0.1, 0.15) is 12.8 Å². The molecule has 0 aromatic heterocycles. The van der Waals surface area contributed by atoms with Crippen molar-refractivity contribution in [1.29, 1.82) is 0 Å². The van der Waals surface area contributed by atoms with Gasteiger partial charge >= 0.3 is 11.8 Å². The summed E-state index contributed by atoms with van der Waals surface area (Å²) >= 11 is 0. The molecule has 2 N–H and O–H groups in total. The Morgan fingerprint density at radius 1 is 1.23 bits per heavy atom. The number of nitrogens with zero attached hydrogens (tertiary/aromatic N) is 2. The van der Waals surface area contributed by atoms with Crippen LogP contribution in [0.15, 0.2) is 24.3 Å². The molecule has 26 heavy (non-hydrogen) atoms. The van der Waals surface area contributed by atoms with E-state index in [2.05, 4.69) is 15.5 Å². The van der Waals surface area contributed by atoms with Gasteiger partial charge in [0.25, 0.3) is 5.69 Å². The number of likely N-dealkylation sites (tertiary alicyclic amines) is 1. The lowest BCUT2D eigenvalue weighted by atomic mass is 9.97. The van der Waals surface area contributed by atoms with Crippen molar-refractivity contribution in [2.75, 3.05) is 45.2 Å². The fourth-order valence-electron chi connectivity index (χ4n) is 2.81.